The summed E-state index contributed by atoms with van der Waals surface area (Å²) in [6.07, 6.45) is 3.77. The van der Waals surface area contributed by atoms with E-state index in [4.69, 9.17) is 42.6 Å². The lowest BCUT2D eigenvalue weighted by molar-refractivity contribution is -0.294. The minimum absolute atomic E-state index is 0.0247. The summed E-state index contributed by atoms with van der Waals surface area (Å²) in [5.74, 6) is -0.756. The van der Waals surface area contributed by atoms with Crippen LogP contribution in [0.15, 0.2) is 24.3 Å². The van der Waals surface area contributed by atoms with Crippen molar-refractivity contribution in [2.45, 2.75) is 200 Å². The quantitative estimate of drug-likeness (QED) is 0.404. The average Bonchev–Trinajstić information content (AvgIpc) is 3.76. The minimum atomic E-state index is -0.953. The third-order valence-electron chi connectivity index (χ3n) is 14.3. The summed E-state index contributed by atoms with van der Waals surface area (Å²) in [7, 11) is 1.63. The summed E-state index contributed by atoms with van der Waals surface area (Å²) >= 11 is 0. The first-order valence-corrected chi connectivity index (χ1v) is 20.4. The Labute approximate surface area is 313 Å². The molecule has 53 heavy (non-hydrogen) atoms. The van der Waals surface area contributed by atoms with Crippen molar-refractivity contribution in [3.05, 3.63) is 24.3 Å². The molecule has 1 spiro atoms. The predicted octanol–water partition coefficient (Wildman–Crippen LogP) is 3.86. The number of Topliss-reactive ketones (excluding diaryl/α,β-unsaturated/α-hetero) is 1. The van der Waals surface area contributed by atoms with Crippen molar-refractivity contribution in [2.24, 2.45) is 11.8 Å². The summed E-state index contributed by atoms with van der Waals surface area (Å²) in [5, 5.41) is 20.1. The molecule has 10 saturated heterocycles. The van der Waals surface area contributed by atoms with Crippen molar-refractivity contribution in [1.82, 2.24) is 0 Å². The maximum atomic E-state index is 14.1. The molecular weight excluding hydrogens is 684 g/mol. The normalized spacial score (nSPS) is 53.0. The van der Waals surface area contributed by atoms with Crippen LogP contribution in [0.4, 0.5) is 0 Å². The maximum Gasteiger partial charge on any atom is 0.172 e. The van der Waals surface area contributed by atoms with E-state index in [2.05, 4.69) is 27.0 Å². The molecule has 0 radical (unpaired) electrons. The molecule has 0 aromatic heterocycles. The van der Waals surface area contributed by atoms with Crippen LogP contribution in [0, 0.1) is 11.8 Å². The van der Waals surface area contributed by atoms with Crippen molar-refractivity contribution in [3.8, 4) is 0 Å². The number of methoxy groups -OCH3 is 1. The lowest BCUT2D eigenvalue weighted by Crippen LogP contribution is -2.61. The van der Waals surface area contributed by atoms with Crippen LogP contribution in [-0.2, 0) is 47.4 Å². The van der Waals surface area contributed by atoms with E-state index in [1.165, 1.54) is 0 Å². The summed E-state index contributed by atoms with van der Waals surface area (Å²) in [6.45, 7) is 12.9. The van der Waals surface area contributed by atoms with Gasteiger partial charge in [-0.2, -0.15) is 0 Å². The van der Waals surface area contributed by atoms with Gasteiger partial charge in [0.15, 0.2) is 5.79 Å². The van der Waals surface area contributed by atoms with Gasteiger partial charge < -0.3 is 52.8 Å². The smallest absolute Gasteiger partial charge is 0.172 e. The van der Waals surface area contributed by atoms with Crippen LogP contribution in [0.25, 0.3) is 0 Å². The number of carbonyl (C=O) groups excluding carboxylic acids is 1. The first-order valence-electron chi connectivity index (χ1n) is 20.4. The summed E-state index contributed by atoms with van der Waals surface area (Å²) in [6, 6.07) is 0. The summed E-state index contributed by atoms with van der Waals surface area (Å²) in [4.78, 5) is 14.1. The molecule has 0 aromatic rings. The fourth-order valence-corrected chi connectivity index (χ4v) is 11.7. The van der Waals surface area contributed by atoms with Crippen LogP contribution in [0.2, 0.25) is 0 Å². The van der Waals surface area contributed by atoms with Gasteiger partial charge in [-0.1, -0.05) is 20.1 Å². The molecule has 2 N–H and O–H groups in total. The summed E-state index contributed by atoms with van der Waals surface area (Å²) in [5.41, 5.74) is 1.66. The average molecular weight is 745 g/mol. The minimum Gasteiger partial charge on any atom is -0.394 e. The molecule has 0 aliphatic carbocycles. The third kappa shape index (κ3) is 6.73. The van der Waals surface area contributed by atoms with Gasteiger partial charge in [0.2, 0.25) is 0 Å². The lowest BCUT2D eigenvalue weighted by Gasteiger charge is -2.47. The number of carbonyl (C=O) groups is 1. The van der Waals surface area contributed by atoms with Gasteiger partial charge in [0.05, 0.1) is 67.6 Å². The predicted molar refractivity (Wildman–Crippen MR) is 189 cm³/mol. The fourth-order valence-electron chi connectivity index (χ4n) is 11.7. The zero-order valence-corrected chi connectivity index (χ0v) is 31.6. The van der Waals surface area contributed by atoms with E-state index in [1.807, 2.05) is 0 Å². The molecule has 12 nitrogen and oxygen atoms in total. The number of rotatable bonds is 4. The van der Waals surface area contributed by atoms with Gasteiger partial charge in [-0.3, -0.25) is 4.79 Å². The van der Waals surface area contributed by atoms with E-state index in [0.29, 0.717) is 25.7 Å². The molecule has 12 bridgehead atoms. The van der Waals surface area contributed by atoms with Crippen molar-refractivity contribution in [3.63, 3.8) is 0 Å². The molecule has 10 aliphatic rings. The van der Waals surface area contributed by atoms with Gasteiger partial charge in [-0.25, -0.2) is 0 Å². The molecule has 0 saturated carbocycles. The second-order valence-electron chi connectivity index (χ2n) is 18.1. The van der Waals surface area contributed by atoms with Crippen molar-refractivity contribution in [2.75, 3.05) is 13.7 Å². The summed E-state index contributed by atoms with van der Waals surface area (Å²) < 4.78 is 60.3. The standard InChI is InChI=1S/C41H60O12/c1-20-12-25-6-8-29-21(2)13-27(46-29)10-11-41-19-40(4)39(53-41)38-37(51-40)36(52-41)35-30(50-38)9-7-26(48-35)14-23(43)15-28-32(17-31(47-25)22(20)3)49-33(34(28)45-5)16-24(44)18-42/h20,24-39,42,44H,2-3,6-19H2,1,4-5H3/t20-,24?,25?,26?,27?,28?,29?,30+,31-,32?,33?,34-,35?,36?,37?,38?,39?,40-,41-/m1/s1. The van der Waals surface area contributed by atoms with Crippen LogP contribution in [-0.4, -0.2) is 133 Å². The number of hydrogen-bond acceptors (Lipinski definition) is 12. The van der Waals surface area contributed by atoms with Crippen LogP contribution in [0.3, 0.4) is 0 Å². The van der Waals surface area contributed by atoms with E-state index in [1.54, 1.807) is 7.11 Å². The molecular formula is C41H60O12. The Morgan fingerprint density at radius 3 is 2.42 bits per heavy atom. The first kappa shape index (κ1) is 37.3. The number of ketones is 1. The zero-order chi connectivity index (χ0) is 36.8. The Hall–Kier alpha value is -1.29. The van der Waals surface area contributed by atoms with Gasteiger partial charge in [0.1, 0.15) is 41.9 Å². The lowest BCUT2D eigenvalue weighted by atomic mass is 9.81. The Kier molecular flexibility index (Phi) is 10.0. The molecule has 19 atom stereocenters. The van der Waals surface area contributed by atoms with E-state index in [-0.39, 0.29) is 117 Å². The van der Waals surface area contributed by atoms with Gasteiger partial charge in [0.25, 0.3) is 0 Å². The second-order valence-corrected chi connectivity index (χ2v) is 18.1. The Morgan fingerprint density at radius 1 is 0.830 bits per heavy atom. The topological polar surface area (TPSA) is 141 Å². The SMILES string of the molecule is C=C1CC2CC[C@@]34C[C@@]5(C)OC6C(O3)C3OC(CC[C@@H]3OC6C5O4)CC(=O)CC3C(C[C@H]4OC(CCC1O2)C[C@@H](C)C4=C)OC(CC(O)CO)[C@@H]3OC. The largest absolute Gasteiger partial charge is 0.394 e. The number of ether oxygens (including phenoxy) is 9. The van der Waals surface area contributed by atoms with Gasteiger partial charge in [-0.15, -0.1) is 0 Å². The van der Waals surface area contributed by atoms with E-state index < -0.39 is 29.7 Å². The molecule has 10 heterocycles. The van der Waals surface area contributed by atoms with Crippen LogP contribution in [0.5, 0.6) is 0 Å². The highest BCUT2D eigenvalue weighted by Crippen LogP contribution is 2.58. The number of aliphatic hydroxyl groups is 2. The molecule has 0 aromatic carbocycles. The Balaban J connectivity index is 1.00. The van der Waals surface area contributed by atoms with Crippen molar-refractivity contribution in [1.29, 1.82) is 0 Å². The van der Waals surface area contributed by atoms with Crippen LogP contribution in [0.1, 0.15) is 97.3 Å². The van der Waals surface area contributed by atoms with Crippen LogP contribution >= 0.6 is 0 Å². The molecule has 296 valence electrons. The van der Waals surface area contributed by atoms with Crippen molar-refractivity contribution >= 4 is 5.78 Å². The van der Waals surface area contributed by atoms with Gasteiger partial charge in [0, 0.05) is 51.6 Å². The second kappa shape index (κ2) is 14.3. The Morgan fingerprint density at radius 2 is 1.60 bits per heavy atom. The first-order chi connectivity index (χ1) is 25.4. The van der Waals surface area contributed by atoms with E-state index in [9.17, 15) is 15.0 Å². The molecule has 12 heteroatoms. The highest BCUT2D eigenvalue weighted by Gasteiger charge is 2.73. The Bertz CT molecular complexity index is 1420. The third-order valence-corrected chi connectivity index (χ3v) is 14.3. The molecule has 10 rings (SSSR count). The fraction of sp³-hybridized carbons (Fsp3) is 0.878. The van der Waals surface area contributed by atoms with E-state index in [0.717, 1.165) is 49.7 Å². The van der Waals surface area contributed by atoms with Gasteiger partial charge >= 0.3 is 0 Å². The van der Waals surface area contributed by atoms with Crippen LogP contribution < -0.4 is 0 Å². The number of fused-ring (bicyclic) bond motifs is 6. The maximum absolute atomic E-state index is 14.1. The molecule has 0 amide bonds. The highest BCUT2D eigenvalue weighted by molar-refractivity contribution is 5.79. The molecule has 10 aliphatic heterocycles. The van der Waals surface area contributed by atoms with Crippen molar-refractivity contribution < 1.29 is 57.6 Å². The molecule has 10 fully saturated rings. The monoisotopic (exact) mass is 744 g/mol. The molecule has 13 unspecified atom stereocenters. The number of aliphatic hydroxyl groups excluding tert-OH is 2. The highest BCUT2D eigenvalue weighted by atomic mass is 16.8. The van der Waals surface area contributed by atoms with Gasteiger partial charge in [-0.05, 0) is 68.9 Å². The van der Waals surface area contributed by atoms with E-state index >= 15 is 0 Å². The number of hydrogen-bond donors (Lipinski definition) is 2. The zero-order valence-electron chi connectivity index (χ0n) is 31.6.